The van der Waals surface area contributed by atoms with Crippen LogP contribution in [0.1, 0.15) is 16.7 Å². The number of fused-ring (bicyclic) bond motifs is 1. The van der Waals surface area contributed by atoms with E-state index >= 15 is 0 Å². The number of aryl methyl sites for hydroxylation is 1. The molecule has 3 aromatic rings. The fourth-order valence-corrected chi connectivity index (χ4v) is 3.11. The molecule has 0 unspecified atom stereocenters. The Morgan fingerprint density at radius 3 is 2.68 bits per heavy atom. The highest BCUT2D eigenvalue weighted by Crippen LogP contribution is 2.27. The minimum Gasteiger partial charge on any atom is -0.507 e. The van der Waals surface area contributed by atoms with Crippen LogP contribution in [0, 0.1) is 6.92 Å². The van der Waals surface area contributed by atoms with E-state index in [0.717, 1.165) is 26.4 Å². The van der Waals surface area contributed by atoms with E-state index in [0.29, 0.717) is 5.56 Å². The summed E-state index contributed by atoms with van der Waals surface area (Å²) >= 11 is 3.53. The van der Waals surface area contributed by atoms with Crippen LogP contribution in [0.2, 0.25) is 0 Å². The molecular formula is C20H17BrN2O2. The lowest BCUT2D eigenvalue weighted by Crippen LogP contribution is -2.19. The first-order valence-corrected chi connectivity index (χ1v) is 8.61. The third kappa shape index (κ3) is 4.06. The van der Waals surface area contributed by atoms with Crippen molar-refractivity contribution in [3.05, 3.63) is 75.8 Å². The molecule has 0 spiro atoms. The lowest BCUT2D eigenvalue weighted by Gasteiger charge is -2.07. The topological polar surface area (TPSA) is 61.7 Å². The molecule has 3 rings (SSSR count). The molecular weight excluding hydrogens is 380 g/mol. The fourth-order valence-electron chi connectivity index (χ4n) is 2.63. The van der Waals surface area contributed by atoms with Gasteiger partial charge in [-0.3, -0.25) is 4.79 Å². The molecule has 126 valence electrons. The smallest absolute Gasteiger partial charge is 0.244 e. The molecule has 0 saturated heterocycles. The van der Waals surface area contributed by atoms with Gasteiger partial charge in [-0.1, -0.05) is 52.3 Å². The maximum atomic E-state index is 12.2. The van der Waals surface area contributed by atoms with E-state index in [2.05, 4.69) is 26.5 Å². The van der Waals surface area contributed by atoms with Crippen LogP contribution >= 0.6 is 15.9 Å². The average molecular weight is 397 g/mol. The van der Waals surface area contributed by atoms with Gasteiger partial charge in [0.1, 0.15) is 5.75 Å². The zero-order chi connectivity index (χ0) is 17.8. The summed E-state index contributed by atoms with van der Waals surface area (Å²) in [4.78, 5) is 12.2. The second kappa shape index (κ2) is 7.49. The highest BCUT2D eigenvalue weighted by molar-refractivity contribution is 9.10. The number of aromatic hydroxyl groups is 1. The van der Waals surface area contributed by atoms with Gasteiger partial charge in [0, 0.05) is 10.0 Å². The molecule has 1 amide bonds. The van der Waals surface area contributed by atoms with Crippen LogP contribution in [0.15, 0.2) is 64.2 Å². The molecule has 0 saturated carbocycles. The first kappa shape index (κ1) is 17.2. The monoisotopic (exact) mass is 396 g/mol. The maximum absolute atomic E-state index is 12.2. The van der Waals surface area contributed by atoms with E-state index in [1.165, 1.54) is 6.21 Å². The summed E-state index contributed by atoms with van der Waals surface area (Å²) in [7, 11) is 0. The molecule has 0 heterocycles. The van der Waals surface area contributed by atoms with Gasteiger partial charge in [-0.25, -0.2) is 5.43 Å². The summed E-state index contributed by atoms with van der Waals surface area (Å²) in [6, 6.07) is 17.1. The van der Waals surface area contributed by atoms with Crippen LogP contribution in [0.3, 0.4) is 0 Å². The summed E-state index contributed by atoms with van der Waals surface area (Å²) in [5.41, 5.74) is 4.96. The van der Waals surface area contributed by atoms with Gasteiger partial charge < -0.3 is 5.11 Å². The van der Waals surface area contributed by atoms with Crippen molar-refractivity contribution in [2.24, 2.45) is 5.10 Å². The predicted molar refractivity (Wildman–Crippen MR) is 104 cm³/mol. The first-order chi connectivity index (χ1) is 12.0. The second-order valence-electron chi connectivity index (χ2n) is 5.78. The normalized spacial score (nSPS) is 11.1. The van der Waals surface area contributed by atoms with Crippen molar-refractivity contribution in [2.45, 2.75) is 13.3 Å². The highest BCUT2D eigenvalue weighted by atomic mass is 79.9. The van der Waals surface area contributed by atoms with Crippen LogP contribution in [-0.4, -0.2) is 17.2 Å². The Morgan fingerprint density at radius 2 is 1.92 bits per heavy atom. The minimum atomic E-state index is -0.213. The van der Waals surface area contributed by atoms with Crippen molar-refractivity contribution in [1.82, 2.24) is 5.43 Å². The Labute approximate surface area is 154 Å². The predicted octanol–water partition coefficient (Wildman–Crippen LogP) is 4.31. The number of phenolic OH excluding ortho intramolecular Hbond substituents is 1. The Bertz CT molecular complexity index is 967. The number of phenols is 1. The summed E-state index contributed by atoms with van der Waals surface area (Å²) in [6.07, 6.45) is 1.66. The zero-order valence-electron chi connectivity index (χ0n) is 13.7. The van der Waals surface area contributed by atoms with E-state index in [-0.39, 0.29) is 18.1 Å². The van der Waals surface area contributed by atoms with Crippen LogP contribution < -0.4 is 5.43 Å². The number of nitrogens with one attached hydrogen (secondary N) is 1. The number of hydrogen-bond acceptors (Lipinski definition) is 3. The third-order valence-corrected chi connectivity index (χ3v) is 4.58. The standard InChI is InChI=1S/C20H17BrN2O2/c1-13-6-7-15(19(24)10-13)12-22-23-20(25)11-14-8-9-18(21)17-5-3-2-4-16(14)17/h2-10,12,24H,11H2,1H3,(H,23,25)/b22-12-. The van der Waals surface area contributed by atoms with Crippen molar-refractivity contribution >= 4 is 38.8 Å². The molecule has 0 atom stereocenters. The van der Waals surface area contributed by atoms with Gasteiger partial charge in [-0.15, -0.1) is 0 Å². The molecule has 0 radical (unpaired) electrons. The van der Waals surface area contributed by atoms with Gasteiger partial charge in [0.05, 0.1) is 12.6 Å². The number of carbonyl (C=O) groups excluding carboxylic acids is 1. The summed E-state index contributed by atoms with van der Waals surface area (Å²) < 4.78 is 1.00. The summed E-state index contributed by atoms with van der Waals surface area (Å²) in [5, 5.41) is 15.9. The first-order valence-electron chi connectivity index (χ1n) is 7.82. The second-order valence-corrected chi connectivity index (χ2v) is 6.64. The molecule has 4 nitrogen and oxygen atoms in total. The van der Waals surface area contributed by atoms with Gasteiger partial charge in [0.15, 0.2) is 0 Å². The number of amides is 1. The van der Waals surface area contributed by atoms with Crippen molar-refractivity contribution in [1.29, 1.82) is 0 Å². The van der Waals surface area contributed by atoms with Crippen molar-refractivity contribution in [3.63, 3.8) is 0 Å². The number of hydrogen-bond donors (Lipinski definition) is 2. The molecule has 5 heteroatoms. The van der Waals surface area contributed by atoms with Gasteiger partial charge in [-0.05, 0) is 47.0 Å². The van der Waals surface area contributed by atoms with E-state index in [4.69, 9.17) is 0 Å². The third-order valence-electron chi connectivity index (χ3n) is 3.89. The number of rotatable bonds is 4. The van der Waals surface area contributed by atoms with E-state index in [9.17, 15) is 9.90 Å². The Morgan fingerprint density at radius 1 is 1.16 bits per heavy atom. The van der Waals surface area contributed by atoms with E-state index in [1.54, 1.807) is 12.1 Å². The average Bonchev–Trinajstić information content (AvgIpc) is 2.60. The molecule has 0 bridgehead atoms. The van der Waals surface area contributed by atoms with Gasteiger partial charge >= 0.3 is 0 Å². The lowest BCUT2D eigenvalue weighted by atomic mass is 10.0. The Hall–Kier alpha value is -2.66. The number of carbonyl (C=O) groups is 1. The number of hydrazone groups is 1. The lowest BCUT2D eigenvalue weighted by molar-refractivity contribution is -0.120. The van der Waals surface area contributed by atoms with Crippen LogP contribution in [0.25, 0.3) is 10.8 Å². The fraction of sp³-hybridized carbons (Fsp3) is 0.100. The molecule has 0 aromatic heterocycles. The summed E-state index contributed by atoms with van der Waals surface area (Å²) in [6.45, 7) is 1.89. The largest absolute Gasteiger partial charge is 0.507 e. The molecule has 0 aliphatic heterocycles. The van der Waals surface area contributed by atoms with Crippen molar-refractivity contribution < 1.29 is 9.90 Å². The van der Waals surface area contributed by atoms with Crippen molar-refractivity contribution in [2.75, 3.05) is 0 Å². The minimum absolute atomic E-state index is 0.136. The molecule has 2 N–H and O–H groups in total. The molecule has 0 aliphatic rings. The maximum Gasteiger partial charge on any atom is 0.244 e. The quantitative estimate of drug-likeness (QED) is 0.509. The van der Waals surface area contributed by atoms with E-state index < -0.39 is 0 Å². The van der Waals surface area contributed by atoms with Crippen LogP contribution in [-0.2, 0) is 11.2 Å². The SMILES string of the molecule is Cc1ccc(/C=N\NC(=O)Cc2ccc(Br)c3ccccc23)c(O)c1. The van der Waals surface area contributed by atoms with Crippen molar-refractivity contribution in [3.8, 4) is 5.75 Å². The van der Waals surface area contributed by atoms with Crippen LogP contribution in [0.5, 0.6) is 5.75 Å². The molecule has 3 aromatic carbocycles. The number of benzene rings is 3. The molecule has 25 heavy (non-hydrogen) atoms. The van der Waals surface area contributed by atoms with Gasteiger partial charge in [-0.2, -0.15) is 5.10 Å². The van der Waals surface area contributed by atoms with Gasteiger partial charge in [0.2, 0.25) is 5.91 Å². The summed E-state index contributed by atoms with van der Waals surface area (Å²) in [5.74, 6) is -0.0766. The van der Waals surface area contributed by atoms with Crippen LogP contribution in [0.4, 0.5) is 0 Å². The number of nitrogens with zero attached hydrogens (tertiary/aromatic N) is 1. The Balaban J connectivity index is 1.71. The molecule has 0 aliphatic carbocycles. The molecule has 0 fully saturated rings. The zero-order valence-corrected chi connectivity index (χ0v) is 15.2. The van der Waals surface area contributed by atoms with E-state index in [1.807, 2.05) is 49.4 Å². The van der Waals surface area contributed by atoms with Gasteiger partial charge in [0.25, 0.3) is 0 Å². The number of halogens is 1. The highest BCUT2D eigenvalue weighted by Gasteiger charge is 2.08. The Kier molecular flexibility index (Phi) is 5.14.